The SMILES string of the molecule is CS/C(NC(C)C)=C(\C#N)c1nc(-c2ccc(Cl)cc2)no1. The predicted molar refractivity (Wildman–Crippen MR) is 89.1 cm³/mol. The molecule has 0 bridgehead atoms. The second-order valence-corrected chi connectivity index (χ2v) is 6.00. The molecule has 0 saturated carbocycles. The van der Waals surface area contributed by atoms with E-state index in [4.69, 9.17) is 16.1 Å². The third kappa shape index (κ3) is 3.81. The summed E-state index contributed by atoms with van der Waals surface area (Å²) in [7, 11) is 0. The summed E-state index contributed by atoms with van der Waals surface area (Å²) < 4.78 is 5.24. The number of thioether (sulfide) groups is 1. The zero-order chi connectivity index (χ0) is 16.1. The van der Waals surface area contributed by atoms with E-state index in [1.807, 2.05) is 20.1 Å². The van der Waals surface area contributed by atoms with E-state index in [9.17, 15) is 5.26 Å². The van der Waals surface area contributed by atoms with Gasteiger partial charge in [-0.3, -0.25) is 0 Å². The standard InChI is InChI=1S/C15H15ClN4OS/c1-9(2)18-15(22-3)12(8-17)14-19-13(20-21-14)10-4-6-11(16)7-5-10/h4-7,9,18H,1-3H3/b15-12+. The molecule has 7 heteroatoms. The van der Waals surface area contributed by atoms with Crippen molar-refractivity contribution in [2.45, 2.75) is 19.9 Å². The molecule has 114 valence electrons. The number of nitriles is 1. The van der Waals surface area contributed by atoms with Gasteiger partial charge in [0, 0.05) is 16.6 Å². The van der Waals surface area contributed by atoms with Crippen molar-refractivity contribution in [3.8, 4) is 17.5 Å². The third-order valence-corrected chi connectivity index (χ3v) is 3.69. The Balaban J connectivity index is 2.38. The average Bonchev–Trinajstić information content (AvgIpc) is 2.97. The molecule has 0 unspecified atom stereocenters. The molecule has 0 radical (unpaired) electrons. The molecule has 1 aromatic heterocycles. The van der Waals surface area contributed by atoms with Crippen LogP contribution in [0.3, 0.4) is 0 Å². The zero-order valence-corrected chi connectivity index (χ0v) is 14.0. The van der Waals surface area contributed by atoms with E-state index in [-0.39, 0.29) is 11.9 Å². The van der Waals surface area contributed by atoms with Crippen LogP contribution in [0.1, 0.15) is 19.7 Å². The summed E-state index contributed by atoms with van der Waals surface area (Å²) >= 11 is 7.29. The van der Waals surface area contributed by atoms with Crippen LogP contribution >= 0.6 is 23.4 Å². The molecule has 0 amide bonds. The van der Waals surface area contributed by atoms with Crippen molar-refractivity contribution >= 4 is 28.9 Å². The topological polar surface area (TPSA) is 74.7 Å². The van der Waals surface area contributed by atoms with E-state index in [1.165, 1.54) is 11.8 Å². The van der Waals surface area contributed by atoms with E-state index >= 15 is 0 Å². The zero-order valence-electron chi connectivity index (χ0n) is 12.4. The van der Waals surface area contributed by atoms with Crippen molar-refractivity contribution in [2.75, 3.05) is 6.26 Å². The largest absolute Gasteiger partial charge is 0.376 e. The van der Waals surface area contributed by atoms with Gasteiger partial charge in [0.1, 0.15) is 11.6 Å². The van der Waals surface area contributed by atoms with Gasteiger partial charge < -0.3 is 9.84 Å². The molecule has 0 aliphatic carbocycles. The van der Waals surface area contributed by atoms with Crippen LogP contribution in [-0.2, 0) is 0 Å². The molecule has 0 saturated heterocycles. The van der Waals surface area contributed by atoms with E-state index in [0.29, 0.717) is 21.4 Å². The van der Waals surface area contributed by atoms with Gasteiger partial charge in [0.05, 0.1) is 5.03 Å². The Kier molecular flexibility index (Phi) is 5.47. The van der Waals surface area contributed by atoms with E-state index in [1.54, 1.807) is 24.3 Å². The summed E-state index contributed by atoms with van der Waals surface area (Å²) in [6.07, 6.45) is 1.89. The Morgan fingerprint density at radius 3 is 2.59 bits per heavy atom. The molecular formula is C15H15ClN4OS. The second-order valence-electron chi connectivity index (χ2n) is 4.75. The van der Waals surface area contributed by atoms with Gasteiger partial charge in [-0.15, -0.1) is 11.8 Å². The molecule has 1 heterocycles. The number of allylic oxidation sites excluding steroid dienone is 1. The van der Waals surface area contributed by atoms with Crippen LogP contribution in [0.4, 0.5) is 0 Å². The highest BCUT2D eigenvalue weighted by Gasteiger charge is 2.17. The maximum Gasteiger partial charge on any atom is 0.271 e. The van der Waals surface area contributed by atoms with Crippen molar-refractivity contribution in [3.05, 3.63) is 40.2 Å². The Hall–Kier alpha value is -1.97. The summed E-state index contributed by atoms with van der Waals surface area (Å²) in [5, 5.41) is 17.9. The second kappa shape index (κ2) is 7.34. The first-order chi connectivity index (χ1) is 10.5. The fourth-order valence-corrected chi connectivity index (χ4v) is 2.55. The average molecular weight is 335 g/mol. The maximum absolute atomic E-state index is 9.40. The lowest BCUT2D eigenvalue weighted by Gasteiger charge is -2.12. The number of aromatic nitrogens is 2. The van der Waals surface area contributed by atoms with Gasteiger partial charge in [0.25, 0.3) is 5.89 Å². The molecule has 0 spiro atoms. The molecule has 0 fully saturated rings. The smallest absolute Gasteiger partial charge is 0.271 e. The highest BCUT2D eigenvalue weighted by molar-refractivity contribution is 8.02. The van der Waals surface area contributed by atoms with Crippen LogP contribution in [-0.4, -0.2) is 22.4 Å². The van der Waals surface area contributed by atoms with E-state index in [0.717, 1.165) is 5.56 Å². The number of nitrogens with one attached hydrogen (secondary N) is 1. The van der Waals surface area contributed by atoms with Crippen molar-refractivity contribution in [3.63, 3.8) is 0 Å². The summed E-state index contributed by atoms with van der Waals surface area (Å²) in [5.41, 5.74) is 1.12. The molecular weight excluding hydrogens is 320 g/mol. The van der Waals surface area contributed by atoms with Gasteiger partial charge >= 0.3 is 0 Å². The monoisotopic (exact) mass is 334 g/mol. The Bertz CT molecular complexity index is 716. The minimum atomic E-state index is 0.199. The summed E-state index contributed by atoms with van der Waals surface area (Å²) in [6, 6.07) is 9.43. The number of rotatable bonds is 5. The van der Waals surface area contributed by atoms with Crippen molar-refractivity contribution < 1.29 is 4.52 Å². The first-order valence-electron chi connectivity index (χ1n) is 6.60. The molecule has 1 N–H and O–H groups in total. The van der Waals surface area contributed by atoms with E-state index < -0.39 is 0 Å². The van der Waals surface area contributed by atoms with Crippen LogP contribution in [0.2, 0.25) is 5.02 Å². The van der Waals surface area contributed by atoms with Crippen molar-refractivity contribution in [2.24, 2.45) is 0 Å². The van der Waals surface area contributed by atoms with Crippen molar-refractivity contribution in [1.29, 1.82) is 5.26 Å². The lowest BCUT2D eigenvalue weighted by Crippen LogP contribution is -2.21. The normalized spacial score (nSPS) is 12.0. The van der Waals surface area contributed by atoms with Crippen LogP contribution in [0.25, 0.3) is 17.0 Å². The summed E-state index contributed by atoms with van der Waals surface area (Å²) in [5.74, 6) is 0.620. The number of benzene rings is 1. The molecule has 5 nitrogen and oxygen atoms in total. The van der Waals surface area contributed by atoms with Crippen LogP contribution in [0, 0.1) is 11.3 Å². The molecule has 0 atom stereocenters. The van der Waals surface area contributed by atoms with Crippen LogP contribution in [0.5, 0.6) is 0 Å². The molecule has 2 aromatic rings. The van der Waals surface area contributed by atoms with E-state index in [2.05, 4.69) is 21.5 Å². The van der Waals surface area contributed by atoms with Crippen LogP contribution in [0.15, 0.2) is 33.8 Å². The summed E-state index contributed by atoms with van der Waals surface area (Å²) in [4.78, 5) is 4.30. The fourth-order valence-electron chi connectivity index (χ4n) is 1.73. The first-order valence-corrected chi connectivity index (χ1v) is 8.20. The minimum absolute atomic E-state index is 0.199. The summed E-state index contributed by atoms with van der Waals surface area (Å²) in [6.45, 7) is 4.00. The van der Waals surface area contributed by atoms with Gasteiger partial charge in [-0.2, -0.15) is 10.2 Å². The van der Waals surface area contributed by atoms with Gasteiger partial charge in [-0.25, -0.2) is 0 Å². The van der Waals surface area contributed by atoms with Gasteiger partial charge in [-0.05, 0) is 44.4 Å². The van der Waals surface area contributed by atoms with Gasteiger partial charge in [0.15, 0.2) is 0 Å². The third-order valence-electron chi connectivity index (χ3n) is 2.71. The minimum Gasteiger partial charge on any atom is -0.376 e. The van der Waals surface area contributed by atoms with Gasteiger partial charge in [-0.1, -0.05) is 16.8 Å². The number of halogens is 1. The number of nitrogens with zero attached hydrogens (tertiary/aromatic N) is 3. The molecule has 22 heavy (non-hydrogen) atoms. The van der Waals surface area contributed by atoms with Crippen molar-refractivity contribution in [1.82, 2.24) is 15.5 Å². The predicted octanol–water partition coefficient (Wildman–Crippen LogP) is 3.94. The quantitative estimate of drug-likeness (QED) is 0.835. The van der Waals surface area contributed by atoms with Gasteiger partial charge in [0.2, 0.25) is 5.82 Å². The number of hydrogen-bond donors (Lipinski definition) is 1. The maximum atomic E-state index is 9.40. The molecule has 0 aliphatic rings. The molecule has 1 aromatic carbocycles. The lowest BCUT2D eigenvalue weighted by molar-refractivity contribution is 0.409. The molecule has 2 rings (SSSR count). The first kappa shape index (κ1) is 16.4. The fraction of sp³-hybridized carbons (Fsp3) is 0.267. The lowest BCUT2D eigenvalue weighted by atomic mass is 10.2. The number of hydrogen-bond acceptors (Lipinski definition) is 6. The van der Waals surface area contributed by atoms with Crippen LogP contribution < -0.4 is 5.32 Å². The highest BCUT2D eigenvalue weighted by Crippen LogP contribution is 2.25. The Morgan fingerprint density at radius 1 is 1.36 bits per heavy atom. The Morgan fingerprint density at radius 2 is 2.05 bits per heavy atom. The Labute approximate surface area is 138 Å². The highest BCUT2D eigenvalue weighted by atomic mass is 35.5. The molecule has 0 aliphatic heterocycles.